The van der Waals surface area contributed by atoms with Crippen molar-refractivity contribution in [3.05, 3.63) is 71.8 Å². The third-order valence-corrected chi connectivity index (χ3v) is 3.38. The fraction of sp³-hybridized carbons (Fsp3) is 0.111. The Morgan fingerprint density at radius 1 is 1.22 bits per heavy atom. The number of benzene rings is 2. The summed E-state index contributed by atoms with van der Waals surface area (Å²) in [5, 5.41) is 2.78. The van der Waals surface area contributed by atoms with E-state index in [0.717, 1.165) is 16.9 Å². The van der Waals surface area contributed by atoms with Crippen LogP contribution in [0.3, 0.4) is 0 Å². The van der Waals surface area contributed by atoms with Gasteiger partial charge in [-0.05, 0) is 35.9 Å². The van der Waals surface area contributed by atoms with E-state index in [-0.39, 0.29) is 11.7 Å². The first-order valence-electron chi connectivity index (χ1n) is 7.36. The molecular weight excluding hydrogens is 293 g/mol. The molecule has 0 saturated carbocycles. The summed E-state index contributed by atoms with van der Waals surface area (Å²) in [6, 6.07) is 13.9. The van der Waals surface area contributed by atoms with E-state index < -0.39 is 0 Å². The topological polar surface area (TPSA) is 57.8 Å². The molecule has 2 N–H and O–H groups in total. The first kappa shape index (κ1) is 15.0. The highest BCUT2D eigenvalue weighted by molar-refractivity contribution is 5.91. The standard InChI is InChI=1S/C18H16FN3O/c19-14-5-3-4-13(12-14)8-9-18(23)20-11-10-17-21-15-6-1-2-7-16(15)22-17/h1-9,12H,10-11H2,(H,20,23)(H,21,22)/b9-8+. The highest BCUT2D eigenvalue weighted by Crippen LogP contribution is 2.10. The third kappa shape index (κ3) is 4.03. The van der Waals surface area contributed by atoms with Gasteiger partial charge < -0.3 is 10.3 Å². The molecule has 0 fully saturated rings. The fourth-order valence-electron chi connectivity index (χ4n) is 2.27. The fourth-order valence-corrected chi connectivity index (χ4v) is 2.27. The Balaban J connectivity index is 1.51. The lowest BCUT2D eigenvalue weighted by molar-refractivity contribution is -0.116. The molecule has 23 heavy (non-hydrogen) atoms. The summed E-state index contributed by atoms with van der Waals surface area (Å²) in [5.41, 5.74) is 2.55. The van der Waals surface area contributed by atoms with Crippen LogP contribution in [-0.4, -0.2) is 22.4 Å². The zero-order valence-electron chi connectivity index (χ0n) is 12.4. The zero-order valence-corrected chi connectivity index (χ0v) is 12.4. The summed E-state index contributed by atoms with van der Waals surface area (Å²) >= 11 is 0. The van der Waals surface area contributed by atoms with Gasteiger partial charge in [0, 0.05) is 19.0 Å². The number of carbonyl (C=O) groups excluding carboxylic acids is 1. The van der Waals surface area contributed by atoms with Crippen molar-refractivity contribution in [2.75, 3.05) is 6.54 Å². The maximum absolute atomic E-state index is 13.0. The molecule has 0 bridgehead atoms. The van der Waals surface area contributed by atoms with Crippen LogP contribution < -0.4 is 5.32 Å². The van der Waals surface area contributed by atoms with Gasteiger partial charge in [-0.3, -0.25) is 4.79 Å². The average molecular weight is 309 g/mol. The smallest absolute Gasteiger partial charge is 0.244 e. The van der Waals surface area contributed by atoms with Crippen LogP contribution >= 0.6 is 0 Å². The number of aromatic amines is 1. The van der Waals surface area contributed by atoms with Crippen molar-refractivity contribution >= 4 is 23.0 Å². The Hall–Kier alpha value is -2.95. The maximum Gasteiger partial charge on any atom is 0.244 e. The molecule has 2 aromatic carbocycles. The molecule has 1 aromatic heterocycles. The Bertz CT molecular complexity index is 821. The lowest BCUT2D eigenvalue weighted by Gasteiger charge is -2.00. The predicted molar refractivity (Wildman–Crippen MR) is 88.2 cm³/mol. The summed E-state index contributed by atoms with van der Waals surface area (Å²) in [4.78, 5) is 19.4. The lowest BCUT2D eigenvalue weighted by Crippen LogP contribution is -2.23. The number of halogens is 1. The first-order valence-corrected chi connectivity index (χ1v) is 7.36. The summed E-state index contributed by atoms with van der Waals surface area (Å²) < 4.78 is 13.0. The van der Waals surface area contributed by atoms with Gasteiger partial charge >= 0.3 is 0 Å². The molecule has 0 unspecified atom stereocenters. The monoisotopic (exact) mass is 309 g/mol. The maximum atomic E-state index is 13.0. The molecule has 0 aliphatic carbocycles. The number of carbonyl (C=O) groups is 1. The summed E-state index contributed by atoms with van der Waals surface area (Å²) in [6.07, 6.45) is 3.60. The summed E-state index contributed by atoms with van der Waals surface area (Å²) in [5.74, 6) is 0.295. The predicted octanol–water partition coefficient (Wildman–Crippen LogP) is 3.07. The number of imidazole rings is 1. The molecular formula is C18H16FN3O. The molecule has 0 radical (unpaired) electrons. The number of rotatable bonds is 5. The van der Waals surface area contributed by atoms with E-state index in [2.05, 4.69) is 15.3 Å². The van der Waals surface area contributed by atoms with Gasteiger partial charge in [-0.15, -0.1) is 0 Å². The highest BCUT2D eigenvalue weighted by Gasteiger charge is 2.02. The van der Waals surface area contributed by atoms with Crippen LogP contribution in [0.15, 0.2) is 54.6 Å². The second-order valence-corrected chi connectivity index (χ2v) is 5.13. The van der Waals surface area contributed by atoms with E-state index in [4.69, 9.17) is 0 Å². The molecule has 1 amide bonds. The van der Waals surface area contributed by atoms with Gasteiger partial charge in [-0.1, -0.05) is 24.3 Å². The zero-order chi connectivity index (χ0) is 16.1. The highest BCUT2D eigenvalue weighted by atomic mass is 19.1. The lowest BCUT2D eigenvalue weighted by atomic mass is 10.2. The van der Waals surface area contributed by atoms with Crippen LogP contribution in [0.2, 0.25) is 0 Å². The van der Waals surface area contributed by atoms with Crippen molar-refractivity contribution in [1.82, 2.24) is 15.3 Å². The van der Waals surface area contributed by atoms with Crippen LogP contribution in [0.25, 0.3) is 17.1 Å². The van der Waals surface area contributed by atoms with E-state index in [1.165, 1.54) is 18.2 Å². The number of para-hydroxylation sites is 2. The average Bonchev–Trinajstić information content (AvgIpc) is 2.96. The number of fused-ring (bicyclic) bond motifs is 1. The number of hydrogen-bond donors (Lipinski definition) is 2. The molecule has 0 atom stereocenters. The number of nitrogens with one attached hydrogen (secondary N) is 2. The Kier molecular flexibility index (Phi) is 4.47. The van der Waals surface area contributed by atoms with Crippen molar-refractivity contribution in [2.45, 2.75) is 6.42 Å². The Morgan fingerprint density at radius 2 is 2.09 bits per heavy atom. The van der Waals surface area contributed by atoms with Crippen LogP contribution in [0.5, 0.6) is 0 Å². The molecule has 116 valence electrons. The molecule has 1 heterocycles. The second kappa shape index (κ2) is 6.87. The molecule has 4 nitrogen and oxygen atoms in total. The van der Waals surface area contributed by atoms with Gasteiger partial charge in [0.25, 0.3) is 0 Å². The molecule has 0 aliphatic heterocycles. The number of H-pyrrole nitrogens is 1. The number of hydrogen-bond acceptors (Lipinski definition) is 2. The van der Waals surface area contributed by atoms with Crippen molar-refractivity contribution in [1.29, 1.82) is 0 Å². The quantitative estimate of drug-likeness (QED) is 0.712. The third-order valence-electron chi connectivity index (χ3n) is 3.38. The normalized spacial score (nSPS) is 11.2. The second-order valence-electron chi connectivity index (χ2n) is 5.13. The van der Waals surface area contributed by atoms with Crippen LogP contribution in [0.4, 0.5) is 4.39 Å². The molecule has 0 aliphatic rings. The van der Waals surface area contributed by atoms with Gasteiger partial charge in [0.15, 0.2) is 0 Å². The van der Waals surface area contributed by atoms with Crippen LogP contribution in [-0.2, 0) is 11.2 Å². The molecule has 0 saturated heterocycles. The minimum atomic E-state index is -0.322. The number of amides is 1. The summed E-state index contributed by atoms with van der Waals surface area (Å²) in [7, 11) is 0. The van der Waals surface area contributed by atoms with Crippen LogP contribution in [0, 0.1) is 5.82 Å². The minimum Gasteiger partial charge on any atom is -0.352 e. The van der Waals surface area contributed by atoms with Gasteiger partial charge in [0.05, 0.1) is 11.0 Å². The van der Waals surface area contributed by atoms with E-state index >= 15 is 0 Å². The van der Waals surface area contributed by atoms with Gasteiger partial charge in [0.1, 0.15) is 11.6 Å². The molecule has 0 spiro atoms. The summed E-state index contributed by atoms with van der Waals surface area (Å²) in [6.45, 7) is 0.478. The molecule has 5 heteroatoms. The number of nitrogens with zero attached hydrogens (tertiary/aromatic N) is 1. The van der Waals surface area contributed by atoms with Crippen molar-refractivity contribution in [3.63, 3.8) is 0 Å². The molecule has 3 rings (SSSR count). The van der Waals surface area contributed by atoms with E-state index in [1.54, 1.807) is 18.2 Å². The van der Waals surface area contributed by atoms with E-state index in [1.807, 2.05) is 24.3 Å². The van der Waals surface area contributed by atoms with Crippen molar-refractivity contribution in [2.24, 2.45) is 0 Å². The minimum absolute atomic E-state index is 0.217. The van der Waals surface area contributed by atoms with Gasteiger partial charge in [-0.2, -0.15) is 0 Å². The van der Waals surface area contributed by atoms with Crippen molar-refractivity contribution in [3.8, 4) is 0 Å². The Labute approximate surface area is 133 Å². The Morgan fingerprint density at radius 3 is 2.91 bits per heavy atom. The SMILES string of the molecule is O=C(/C=C/c1cccc(F)c1)NCCc1nc2ccccc2[nH]1. The van der Waals surface area contributed by atoms with Crippen molar-refractivity contribution < 1.29 is 9.18 Å². The van der Waals surface area contributed by atoms with Gasteiger partial charge in [-0.25, -0.2) is 9.37 Å². The largest absolute Gasteiger partial charge is 0.352 e. The molecule has 3 aromatic rings. The van der Waals surface area contributed by atoms with Gasteiger partial charge in [0.2, 0.25) is 5.91 Å². The van der Waals surface area contributed by atoms with E-state index in [9.17, 15) is 9.18 Å². The van der Waals surface area contributed by atoms with E-state index in [0.29, 0.717) is 18.5 Å². The number of aromatic nitrogens is 2. The first-order chi connectivity index (χ1) is 11.2. The van der Waals surface area contributed by atoms with Crippen LogP contribution in [0.1, 0.15) is 11.4 Å².